The molecule has 1 aromatic rings. The first-order chi connectivity index (χ1) is 6.54. The van der Waals surface area contributed by atoms with Crippen LogP contribution in [0.15, 0.2) is 18.2 Å². The molecule has 0 fully saturated rings. The van der Waals surface area contributed by atoms with Gasteiger partial charge in [0.25, 0.3) is 0 Å². The molecule has 1 aliphatic rings. The molecule has 2 N–H and O–H groups in total. The third kappa shape index (κ3) is 1.84. The van der Waals surface area contributed by atoms with Crippen molar-refractivity contribution < 1.29 is 17.9 Å². The van der Waals surface area contributed by atoms with Crippen LogP contribution in [0.5, 0.6) is 5.75 Å². The Labute approximate surface area is 77.9 Å². The summed E-state index contributed by atoms with van der Waals surface area (Å²) in [5.74, 6) is -0.215. The molecule has 0 bridgehead atoms. The molecule has 1 aromatic carbocycles. The summed E-state index contributed by atoms with van der Waals surface area (Å²) in [5, 5.41) is 5.81. The summed E-state index contributed by atoms with van der Waals surface area (Å²) in [6.07, 6.45) is -4.64. The van der Waals surface area contributed by atoms with E-state index < -0.39 is 6.36 Å². The third-order valence-electron chi connectivity index (χ3n) is 1.78. The predicted octanol–water partition coefficient (Wildman–Crippen LogP) is 2.38. The Balaban J connectivity index is 2.21. The van der Waals surface area contributed by atoms with E-state index in [1.165, 1.54) is 18.2 Å². The van der Waals surface area contributed by atoms with Crippen molar-refractivity contribution in [3.8, 4) is 5.75 Å². The monoisotopic (exact) mass is 204 g/mol. The van der Waals surface area contributed by atoms with Crippen LogP contribution in [0, 0.1) is 0 Å². The van der Waals surface area contributed by atoms with E-state index >= 15 is 0 Å². The van der Waals surface area contributed by atoms with Gasteiger partial charge < -0.3 is 15.4 Å². The molecule has 0 spiro atoms. The van der Waals surface area contributed by atoms with E-state index in [9.17, 15) is 13.2 Å². The SMILES string of the molecule is FC(F)(F)Oc1ccc2c(c1)NCN2. The van der Waals surface area contributed by atoms with Crippen molar-refractivity contribution in [2.75, 3.05) is 17.3 Å². The number of halogens is 3. The van der Waals surface area contributed by atoms with Crippen LogP contribution in [0.1, 0.15) is 0 Å². The van der Waals surface area contributed by atoms with Crippen LogP contribution >= 0.6 is 0 Å². The van der Waals surface area contributed by atoms with Gasteiger partial charge in [0, 0.05) is 6.07 Å². The Morgan fingerprint density at radius 3 is 2.57 bits per heavy atom. The van der Waals surface area contributed by atoms with Crippen LogP contribution in [0.2, 0.25) is 0 Å². The van der Waals surface area contributed by atoms with Crippen molar-refractivity contribution in [3.63, 3.8) is 0 Å². The zero-order chi connectivity index (χ0) is 10.2. The number of anilines is 2. The first-order valence-electron chi connectivity index (χ1n) is 3.92. The Morgan fingerprint density at radius 2 is 1.86 bits per heavy atom. The van der Waals surface area contributed by atoms with Gasteiger partial charge in [-0.05, 0) is 12.1 Å². The van der Waals surface area contributed by atoms with Gasteiger partial charge in [0.05, 0.1) is 18.0 Å². The molecule has 2 rings (SSSR count). The van der Waals surface area contributed by atoms with Gasteiger partial charge in [-0.3, -0.25) is 0 Å². The van der Waals surface area contributed by atoms with Crippen molar-refractivity contribution in [3.05, 3.63) is 18.2 Å². The van der Waals surface area contributed by atoms with Crippen LogP contribution in [0.25, 0.3) is 0 Å². The highest BCUT2D eigenvalue weighted by atomic mass is 19.4. The van der Waals surface area contributed by atoms with Crippen LogP contribution < -0.4 is 15.4 Å². The van der Waals surface area contributed by atoms with Crippen LogP contribution in [0.4, 0.5) is 24.5 Å². The highest BCUT2D eigenvalue weighted by Crippen LogP contribution is 2.32. The molecule has 0 saturated carbocycles. The second kappa shape index (κ2) is 2.97. The van der Waals surface area contributed by atoms with Crippen LogP contribution in [-0.2, 0) is 0 Å². The fourth-order valence-electron chi connectivity index (χ4n) is 1.26. The number of hydrogen-bond acceptors (Lipinski definition) is 3. The lowest BCUT2D eigenvalue weighted by atomic mass is 10.2. The summed E-state index contributed by atoms with van der Waals surface area (Å²) in [7, 11) is 0. The van der Waals surface area contributed by atoms with E-state index in [4.69, 9.17) is 0 Å². The summed E-state index contributed by atoms with van der Waals surface area (Å²) >= 11 is 0. The molecule has 0 aliphatic carbocycles. The fraction of sp³-hybridized carbons (Fsp3) is 0.250. The molecule has 1 heterocycles. The van der Waals surface area contributed by atoms with Crippen molar-refractivity contribution >= 4 is 11.4 Å². The first kappa shape index (κ1) is 8.98. The number of benzene rings is 1. The van der Waals surface area contributed by atoms with Crippen LogP contribution in [0.3, 0.4) is 0 Å². The summed E-state index contributed by atoms with van der Waals surface area (Å²) < 4.78 is 39.3. The van der Waals surface area contributed by atoms with Crippen molar-refractivity contribution in [1.29, 1.82) is 0 Å². The van der Waals surface area contributed by atoms with Gasteiger partial charge in [-0.25, -0.2) is 0 Å². The second-order valence-electron chi connectivity index (χ2n) is 2.79. The predicted molar refractivity (Wildman–Crippen MR) is 45.2 cm³/mol. The van der Waals surface area contributed by atoms with Gasteiger partial charge in [-0.15, -0.1) is 13.2 Å². The molecule has 6 heteroatoms. The maximum Gasteiger partial charge on any atom is 0.573 e. The number of hydrogen-bond donors (Lipinski definition) is 2. The van der Waals surface area contributed by atoms with Crippen molar-refractivity contribution in [2.24, 2.45) is 0 Å². The number of alkyl halides is 3. The van der Waals surface area contributed by atoms with E-state index in [0.29, 0.717) is 12.4 Å². The fourth-order valence-corrected chi connectivity index (χ4v) is 1.26. The number of nitrogens with one attached hydrogen (secondary N) is 2. The summed E-state index contributed by atoms with van der Waals surface area (Å²) in [6.45, 7) is 0.519. The third-order valence-corrected chi connectivity index (χ3v) is 1.78. The maximum atomic E-state index is 11.8. The Kier molecular flexibility index (Phi) is 1.90. The zero-order valence-corrected chi connectivity index (χ0v) is 6.98. The van der Waals surface area contributed by atoms with E-state index in [1.807, 2.05) is 0 Å². The summed E-state index contributed by atoms with van der Waals surface area (Å²) in [6, 6.07) is 4.12. The molecule has 14 heavy (non-hydrogen) atoms. The van der Waals surface area contributed by atoms with Crippen molar-refractivity contribution in [2.45, 2.75) is 6.36 Å². The zero-order valence-electron chi connectivity index (χ0n) is 6.98. The Hall–Kier alpha value is -1.59. The standard InChI is InChI=1S/C8H7F3N2O/c9-8(10,11)14-5-1-2-6-7(3-5)13-4-12-6/h1-3,12-13H,4H2. The van der Waals surface area contributed by atoms with Crippen LogP contribution in [-0.4, -0.2) is 13.0 Å². The summed E-state index contributed by atoms with van der Waals surface area (Å²) in [5.41, 5.74) is 1.39. The van der Waals surface area contributed by atoms with Gasteiger partial charge in [-0.1, -0.05) is 0 Å². The van der Waals surface area contributed by atoms with Crippen molar-refractivity contribution in [1.82, 2.24) is 0 Å². The molecule has 1 aliphatic heterocycles. The molecule has 0 unspecified atom stereocenters. The van der Waals surface area contributed by atoms with Gasteiger partial charge in [0.1, 0.15) is 5.75 Å². The Morgan fingerprint density at radius 1 is 1.14 bits per heavy atom. The van der Waals surface area contributed by atoms with Gasteiger partial charge in [0.15, 0.2) is 0 Å². The summed E-state index contributed by atoms with van der Waals surface area (Å²) in [4.78, 5) is 0. The quantitative estimate of drug-likeness (QED) is 0.736. The van der Waals surface area contributed by atoms with Gasteiger partial charge in [0.2, 0.25) is 0 Å². The first-order valence-corrected chi connectivity index (χ1v) is 3.92. The minimum atomic E-state index is -4.64. The lowest BCUT2D eigenvalue weighted by Crippen LogP contribution is -2.17. The molecule has 0 saturated heterocycles. The average Bonchev–Trinajstić information content (AvgIpc) is 2.47. The molecule has 3 nitrogen and oxygen atoms in total. The largest absolute Gasteiger partial charge is 0.573 e. The number of fused-ring (bicyclic) bond motifs is 1. The van der Waals surface area contributed by atoms with Gasteiger partial charge >= 0.3 is 6.36 Å². The molecule has 76 valence electrons. The van der Waals surface area contributed by atoms with E-state index in [-0.39, 0.29) is 5.75 Å². The molecule has 0 aromatic heterocycles. The highest BCUT2D eigenvalue weighted by Gasteiger charge is 2.31. The van der Waals surface area contributed by atoms with E-state index in [1.54, 1.807) is 0 Å². The lowest BCUT2D eigenvalue weighted by molar-refractivity contribution is -0.274. The van der Waals surface area contributed by atoms with Gasteiger partial charge in [-0.2, -0.15) is 0 Å². The number of ether oxygens (including phenoxy) is 1. The molecule has 0 radical (unpaired) electrons. The average molecular weight is 204 g/mol. The Bertz CT molecular complexity index is 351. The normalized spacial score (nSPS) is 14.2. The van der Waals surface area contributed by atoms with E-state index in [2.05, 4.69) is 15.4 Å². The highest BCUT2D eigenvalue weighted by molar-refractivity contribution is 5.74. The molecular weight excluding hydrogens is 197 g/mol. The topological polar surface area (TPSA) is 33.3 Å². The smallest absolute Gasteiger partial charge is 0.406 e. The number of rotatable bonds is 1. The van der Waals surface area contributed by atoms with E-state index in [0.717, 1.165) is 5.69 Å². The molecule has 0 amide bonds. The molecular formula is C8H7F3N2O. The minimum Gasteiger partial charge on any atom is -0.406 e. The maximum absolute atomic E-state index is 11.8. The lowest BCUT2D eigenvalue weighted by Gasteiger charge is -2.09. The molecule has 0 atom stereocenters. The second-order valence-corrected chi connectivity index (χ2v) is 2.79. The minimum absolute atomic E-state index is 0.215.